The summed E-state index contributed by atoms with van der Waals surface area (Å²) < 4.78 is 26.8. The van der Waals surface area contributed by atoms with Crippen LogP contribution in [0, 0.1) is 17.0 Å². The second kappa shape index (κ2) is 8.54. The fraction of sp³-hybridized carbons (Fsp3) is 0.333. The van der Waals surface area contributed by atoms with Gasteiger partial charge in [-0.25, -0.2) is 23.1 Å². The smallest absolute Gasteiger partial charge is 0.270 e. The number of sulfonamides is 1. The van der Waals surface area contributed by atoms with E-state index in [1.54, 1.807) is 13.0 Å². The van der Waals surface area contributed by atoms with Crippen molar-refractivity contribution >= 4 is 27.3 Å². The molecule has 10 nitrogen and oxygen atoms in total. The number of nitro groups is 1. The van der Waals surface area contributed by atoms with Crippen molar-refractivity contribution in [2.75, 3.05) is 30.3 Å². The van der Waals surface area contributed by atoms with Gasteiger partial charge in [0.15, 0.2) is 0 Å². The minimum atomic E-state index is -3.84. The van der Waals surface area contributed by atoms with Gasteiger partial charge in [-0.1, -0.05) is 6.07 Å². The third-order valence-electron chi connectivity index (χ3n) is 3.26. The number of rotatable bonds is 9. The molecular weight excluding hydrogens is 360 g/mol. The maximum Gasteiger partial charge on any atom is 0.270 e. The normalized spacial score (nSPS) is 11.2. The number of hydrogen-bond acceptors (Lipinski definition) is 8. The number of nitro benzene ring substituents is 1. The summed E-state index contributed by atoms with van der Waals surface area (Å²) in [4.78, 5) is 18.4. The highest BCUT2D eigenvalue weighted by Crippen LogP contribution is 2.17. The van der Waals surface area contributed by atoms with Crippen LogP contribution >= 0.6 is 0 Å². The minimum absolute atomic E-state index is 0.0879. The van der Waals surface area contributed by atoms with Crippen LogP contribution < -0.4 is 15.4 Å². The molecule has 1 aromatic heterocycles. The Bertz CT molecular complexity index is 887. The van der Waals surface area contributed by atoms with Gasteiger partial charge in [-0.2, -0.15) is 0 Å². The molecule has 1 aromatic carbocycles. The van der Waals surface area contributed by atoms with Crippen LogP contribution in [0.3, 0.4) is 0 Å². The van der Waals surface area contributed by atoms with Crippen molar-refractivity contribution in [2.45, 2.75) is 18.7 Å². The van der Waals surface area contributed by atoms with E-state index in [1.807, 2.05) is 6.92 Å². The predicted octanol–water partition coefficient (Wildman–Crippen LogP) is 1.52. The van der Waals surface area contributed by atoms with E-state index in [-0.39, 0.29) is 23.7 Å². The molecule has 26 heavy (non-hydrogen) atoms. The van der Waals surface area contributed by atoms with E-state index in [9.17, 15) is 18.5 Å². The summed E-state index contributed by atoms with van der Waals surface area (Å²) in [5.74, 6) is 1.84. The fourth-order valence-electron chi connectivity index (χ4n) is 2.15. The lowest BCUT2D eigenvalue weighted by Gasteiger charge is -2.10. The zero-order valence-corrected chi connectivity index (χ0v) is 15.2. The zero-order valence-electron chi connectivity index (χ0n) is 14.4. The average molecular weight is 380 g/mol. The lowest BCUT2D eigenvalue weighted by molar-refractivity contribution is -0.385. The Labute approximate surface area is 151 Å². The van der Waals surface area contributed by atoms with E-state index in [1.165, 1.54) is 18.2 Å². The Morgan fingerprint density at radius 3 is 2.46 bits per heavy atom. The molecule has 140 valence electrons. The third-order valence-corrected chi connectivity index (χ3v) is 4.72. The van der Waals surface area contributed by atoms with Gasteiger partial charge >= 0.3 is 0 Å². The van der Waals surface area contributed by atoms with Crippen molar-refractivity contribution in [3.05, 3.63) is 46.3 Å². The van der Waals surface area contributed by atoms with E-state index in [0.717, 1.165) is 12.6 Å². The van der Waals surface area contributed by atoms with Crippen molar-refractivity contribution in [3.8, 4) is 0 Å². The summed E-state index contributed by atoms with van der Waals surface area (Å²) in [6.45, 7) is 4.81. The van der Waals surface area contributed by atoms with Crippen molar-refractivity contribution in [3.63, 3.8) is 0 Å². The molecular formula is C15H20N6O4S. The van der Waals surface area contributed by atoms with Crippen molar-refractivity contribution in [2.24, 2.45) is 0 Å². The number of non-ortho nitro benzene ring substituents is 1. The Kier molecular flexibility index (Phi) is 6.41. The highest BCUT2D eigenvalue weighted by Gasteiger charge is 2.17. The minimum Gasteiger partial charge on any atom is -0.370 e. The molecule has 0 spiro atoms. The van der Waals surface area contributed by atoms with E-state index in [4.69, 9.17) is 0 Å². The summed E-state index contributed by atoms with van der Waals surface area (Å²) in [7, 11) is -3.84. The maximum absolute atomic E-state index is 12.2. The first kappa shape index (κ1) is 19.5. The molecule has 0 radical (unpaired) electrons. The third kappa shape index (κ3) is 5.36. The molecule has 2 rings (SSSR count). The predicted molar refractivity (Wildman–Crippen MR) is 97.7 cm³/mol. The van der Waals surface area contributed by atoms with Crippen molar-refractivity contribution in [1.82, 2.24) is 14.7 Å². The van der Waals surface area contributed by atoms with Gasteiger partial charge in [0.25, 0.3) is 5.69 Å². The standard InChI is InChI=1S/C15H20N6O4S/c1-3-16-14-10-15(20-11(2)19-14)17-7-8-18-26(24,25)13-6-4-5-12(9-13)21(22)23/h4-6,9-10,18H,3,7-8H2,1-2H3,(H2,16,17,19,20). The van der Waals surface area contributed by atoms with Gasteiger partial charge in [0, 0.05) is 37.8 Å². The molecule has 2 aromatic rings. The largest absolute Gasteiger partial charge is 0.370 e. The number of aryl methyl sites for hydroxylation is 1. The summed E-state index contributed by atoms with van der Waals surface area (Å²) in [5, 5.41) is 16.9. The van der Waals surface area contributed by atoms with Crippen LogP contribution in [0.2, 0.25) is 0 Å². The van der Waals surface area contributed by atoms with Crippen LogP contribution in [0.1, 0.15) is 12.7 Å². The first-order valence-electron chi connectivity index (χ1n) is 7.89. The van der Waals surface area contributed by atoms with Crippen LogP contribution in [-0.4, -0.2) is 42.9 Å². The Morgan fingerprint density at radius 2 is 1.81 bits per heavy atom. The quantitative estimate of drug-likeness (QED) is 0.338. The maximum atomic E-state index is 12.2. The summed E-state index contributed by atoms with van der Waals surface area (Å²) >= 11 is 0. The van der Waals surface area contributed by atoms with Gasteiger partial charge in [0.1, 0.15) is 17.5 Å². The summed E-state index contributed by atoms with van der Waals surface area (Å²) in [5.41, 5.74) is -0.279. The lowest BCUT2D eigenvalue weighted by atomic mass is 10.3. The second-order valence-electron chi connectivity index (χ2n) is 5.29. The van der Waals surface area contributed by atoms with Gasteiger partial charge in [0.2, 0.25) is 10.0 Å². The summed E-state index contributed by atoms with van der Waals surface area (Å²) in [6, 6.07) is 6.62. The SMILES string of the molecule is CCNc1cc(NCCNS(=O)(=O)c2cccc([N+](=O)[O-])c2)nc(C)n1. The van der Waals surface area contributed by atoms with Crippen LogP contribution in [0.5, 0.6) is 0 Å². The molecule has 0 unspecified atom stereocenters. The second-order valence-corrected chi connectivity index (χ2v) is 7.06. The van der Waals surface area contributed by atoms with Gasteiger partial charge in [-0.05, 0) is 19.9 Å². The molecule has 0 atom stereocenters. The monoisotopic (exact) mass is 380 g/mol. The number of aromatic nitrogens is 2. The molecule has 3 N–H and O–H groups in total. The Balaban J connectivity index is 1.95. The lowest BCUT2D eigenvalue weighted by Crippen LogP contribution is -2.29. The highest BCUT2D eigenvalue weighted by atomic mass is 32.2. The van der Waals surface area contributed by atoms with Gasteiger partial charge in [-0.3, -0.25) is 10.1 Å². The highest BCUT2D eigenvalue weighted by molar-refractivity contribution is 7.89. The van der Waals surface area contributed by atoms with Gasteiger partial charge in [0.05, 0.1) is 9.82 Å². The van der Waals surface area contributed by atoms with Crippen LogP contribution in [0.15, 0.2) is 35.2 Å². The van der Waals surface area contributed by atoms with Crippen molar-refractivity contribution < 1.29 is 13.3 Å². The van der Waals surface area contributed by atoms with Gasteiger partial charge in [-0.15, -0.1) is 0 Å². The first-order valence-corrected chi connectivity index (χ1v) is 9.37. The molecule has 0 saturated carbocycles. The number of nitrogens with zero attached hydrogens (tertiary/aromatic N) is 3. The number of hydrogen-bond donors (Lipinski definition) is 3. The molecule has 0 aliphatic carbocycles. The van der Waals surface area contributed by atoms with Gasteiger partial charge < -0.3 is 10.6 Å². The zero-order chi connectivity index (χ0) is 19.2. The Hall–Kier alpha value is -2.79. The average Bonchev–Trinajstić information content (AvgIpc) is 2.59. The molecule has 0 aliphatic heterocycles. The molecule has 0 bridgehead atoms. The first-order chi connectivity index (χ1) is 12.3. The topological polar surface area (TPSA) is 139 Å². The van der Waals surface area contributed by atoms with Crippen molar-refractivity contribution in [1.29, 1.82) is 0 Å². The fourth-order valence-corrected chi connectivity index (χ4v) is 3.22. The van der Waals surface area contributed by atoms with E-state index < -0.39 is 14.9 Å². The van der Waals surface area contributed by atoms with Crippen LogP contribution in [0.25, 0.3) is 0 Å². The molecule has 0 fully saturated rings. The van der Waals surface area contributed by atoms with Crippen LogP contribution in [-0.2, 0) is 10.0 Å². The van der Waals surface area contributed by atoms with E-state index in [2.05, 4.69) is 25.3 Å². The number of anilines is 2. The molecule has 11 heteroatoms. The van der Waals surface area contributed by atoms with E-state index >= 15 is 0 Å². The number of nitrogens with one attached hydrogen (secondary N) is 3. The molecule has 0 aliphatic rings. The van der Waals surface area contributed by atoms with E-state index in [0.29, 0.717) is 17.5 Å². The molecule has 1 heterocycles. The Morgan fingerprint density at radius 1 is 1.12 bits per heavy atom. The molecule has 0 saturated heterocycles. The number of benzene rings is 1. The summed E-state index contributed by atoms with van der Waals surface area (Å²) in [6.07, 6.45) is 0. The van der Waals surface area contributed by atoms with Crippen LogP contribution in [0.4, 0.5) is 17.3 Å². The molecule has 0 amide bonds.